The molecular formula is C23H27N3O3. The molecule has 0 saturated heterocycles. The maximum atomic E-state index is 12.9. The van der Waals surface area contributed by atoms with Crippen LogP contribution in [0.15, 0.2) is 54.7 Å². The van der Waals surface area contributed by atoms with Gasteiger partial charge in [-0.2, -0.15) is 0 Å². The van der Waals surface area contributed by atoms with Gasteiger partial charge in [0.2, 0.25) is 0 Å². The fourth-order valence-corrected chi connectivity index (χ4v) is 3.20. The molecule has 0 fully saturated rings. The molecule has 0 radical (unpaired) electrons. The van der Waals surface area contributed by atoms with E-state index in [4.69, 9.17) is 4.74 Å². The number of para-hydroxylation sites is 1. The highest BCUT2D eigenvalue weighted by atomic mass is 16.5. The lowest BCUT2D eigenvalue weighted by Crippen LogP contribution is -2.28. The number of nitrogens with zero attached hydrogens (tertiary/aromatic N) is 1. The third-order valence-electron chi connectivity index (χ3n) is 4.45. The molecule has 0 aliphatic rings. The Morgan fingerprint density at radius 3 is 2.48 bits per heavy atom. The van der Waals surface area contributed by atoms with Gasteiger partial charge in [0.1, 0.15) is 5.75 Å². The molecule has 2 aromatic carbocycles. The summed E-state index contributed by atoms with van der Waals surface area (Å²) in [5, 5.41) is 6.56. The van der Waals surface area contributed by atoms with Gasteiger partial charge in [0.25, 0.3) is 11.8 Å². The molecule has 0 aliphatic carbocycles. The summed E-state index contributed by atoms with van der Waals surface area (Å²) in [4.78, 5) is 24.4. The quantitative estimate of drug-likeness (QED) is 0.606. The largest absolute Gasteiger partial charge is 0.484 e. The van der Waals surface area contributed by atoms with E-state index in [2.05, 4.69) is 29.0 Å². The number of rotatable bonds is 8. The molecule has 2 amide bonds. The average molecular weight is 393 g/mol. The van der Waals surface area contributed by atoms with Crippen molar-refractivity contribution in [2.75, 3.05) is 18.5 Å². The third-order valence-corrected chi connectivity index (χ3v) is 4.45. The first-order valence-electron chi connectivity index (χ1n) is 9.86. The lowest BCUT2D eigenvalue weighted by Gasteiger charge is -2.08. The van der Waals surface area contributed by atoms with Crippen LogP contribution in [0.2, 0.25) is 0 Å². The van der Waals surface area contributed by atoms with Gasteiger partial charge in [0.05, 0.1) is 5.56 Å². The standard InChI is InChI=1S/C23H27N3O3/c1-4-24-22(27)15-29-18-11-9-17(10-12-18)25-23(28)20-14-26(13-16(2)3)21-8-6-5-7-19(20)21/h5-12,14,16H,4,13,15H2,1-3H3,(H,24,27)(H,25,28). The number of benzene rings is 2. The van der Waals surface area contributed by atoms with Crippen LogP contribution < -0.4 is 15.4 Å². The van der Waals surface area contributed by atoms with Crippen molar-refractivity contribution in [3.63, 3.8) is 0 Å². The summed E-state index contributed by atoms with van der Waals surface area (Å²) in [6, 6.07) is 14.9. The van der Waals surface area contributed by atoms with Gasteiger partial charge >= 0.3 is 0 Å². The summed E-state index contributed by atoms with van der Waals surface area (Å²) in [6.45, 7) is 7.56. The molecular weight excluding hydrogens is 366 g/mol. The Hall–Kier alpha value is -3.28. The molecule has 0 saturated carbocycles. The molecule has 0 aliphatic heterocycles. The van der Waals surface area contributed by atoms with E-state index in [9.17, 15) is 9.59 Å². The van der Waals surface area contributed by atoms with Crippen molar-refractivity contribution in [2.45, 2.75) is 27.3 Å². The molecule has 1 aromatic heterocycles. The zero-order valence-corrected chi connectivity index (χ0v) is 17.1. The molecule has 0 unspecified atom stereocenters. The van der Waals surface area contributed by atoms with E-state index in [-0.39, 0.29) is 18.4 Å². The zero-order valence-electron chi connectivity index (χ0n) is 17.1. The molecule has 29 heavy (non-hydrogen) atoms. The second-order valence-electron chi connectivity index (χ2n) is 7.33. The molecule has 3 rings (SSSR count). The lowest BCUT2D eigenvalue weighted by atomic mass is 10.1. The summed E-state index contributed by atoms with van der Waals surface area (Å²) in [7, 11) is 0. The number of fused-ring (bicyclic) bond motifs is 1. The first-order valence-corrected chi connectivity index (χ1v) is 9.86. The maximum Gasteiger partial charge on any atom is 0.257 e. The molecule has 3 aromatic rings. The minimum atomic E-state index is -0.164. The normalized spacial score (nSPS) is 10.9. The first kappa shape index (κ1) is 20.5. The molecule has 152 valence electrons. The van der Waals surface area contributed by atoms with Crippen LogP contribution in [0.25, 0.3) is 10.9 Å². The minimum Gasteiger partial charge on any atom is -0.484 e. The van der Waals surface area contributed by atoms with Gasteiger partial charge < -0.3 is 19.9 Å². The minimum absolute atomic E-state index is 0.0328. The Labute approximate surface area is 170 Å². The molecule has 0 spiro atoms. The van der Waals surface area contributed by atoms with Gasteiger partial charge in [-0.3, -0.25) is 9.59 Å². The van der Waals surface area contributed by atoms with Crippen molar-refractivity contribution in [3.8, 4) is 5.75 Å². The first-order chi connectivity index (χ1) is 14.0. The summed E-state index contributed by atoms with van der Waals surface area (Å²) >= 11 is 0. The molecule has 6 nitrogen and oxygen atoms in total. The number of hydrogen-bond donors (Lipinski definition) is 2. The van der Waals surface area contributed by atoms with Crippen LogP contribution >= 0.6 is 0 Å². The highest BCUT2D eigenvalue weighted by molar-refractivity contribution is 6.13. The highest BCUT2D eigenvalue weighted by Crippen LogP contribution is 2.24. The Balaban J connectivity index is 1.71. The fourth-order valence-electron chi connectivity index (χ4n) is 3.20. The van der Waals surface area contributed by atoms with Gasteiger partial charge in [-0.25, -0.2) is 0 Å². The number of anilines is 1. The van der Waals surface area contributed by atoms with E-state index in [1.54, 1.807) is 24.3 Å². The number of carbonyl (C=O) groups excluding carboxylic acids is 2. The number of nitrogens with one attached hydrogen (secondary N) is 2. The van der Waals surface area contributed by atoms with Crippen LogP contribution in [0, 0.1) is 5.92 Å². The number of likely N-dealkylation sites (N-methyl/N-ethyl adjacent to an activating group) is 1. The molecule has 1 heterocycles. The SMILES string of the molecule is CCNC(=O)COc1ccc(NC(=O)c2cn(CC(C)C)c3ccccc23)cc1. The van der Waals surface area contributed by atoms with Crippen molar-refractivity contribution in [1.82, 2.24) is 9.88 Å². The zero-order chi connectivity index (χ0) is 20.8. The van der Waals surface area contributed by atoms with Crippen LogP contribution in [0.1, 0.15) is 31.1 Å². The lowest BCUT2D eigenvalue weighted by molar-refractivity contribution is -0.122. The van der Waals surface area contributed by atoms with Crippen molar-refractivity contribution < 1.29 is 14.3 Å². The predicted molar refractivity (Wildman–Crippen MR) is 115 cm³/mol. The van der Waals surface area contributed by atoms with Gasteiger partial charge in [-0.15, -0.1) is 0 Å². The van der Waals surface area contributed by atoms with Crippen LogP contribution in [-0.2, 0) is 11.3 Å². The van der Waals surface area contributed by atoms with Crippen molar-refractivity contribution in [1.29, 1.82) is 0 Å². The van der Waals surface area contributed by atoms with E-state index >= 15 is 0 Å². The molecule has 2 N–H and O–H groups in total. The fraction of sp³-hybridized carbons (Fsp3) is 0.304. The second-order valence-corrected chi connectivity index (χ2v) is 7.33. The van der Waals surface area contributed by atoms with Crippen LogP contribution in [0.3, 0.4) is 0 Å². The van der Waals surface area contributed by atoms with Gasteiger partial charge in [0.15, 0.2) is 6.61 Å². The topological polar surface area (TPSA) is 72.4 Å². The highest BCUT2D eigenvalue weighted by Gasteiger charge is 2.15. The Morgan fingerprint density at radius 2 is 1.79 bits per heavy atom. The van der Waals surface area contributed by atoms with Gasteiger partial charge in [0, 0.05) is 35.9 Å². The van der Waals surface area contributed by atoms with Gasteiger partial charge in [-0.05, 0) is 43.2 Å². The Morgan fingerprint density at radius 1 is 1.07 bits per heavy atom. The summed E-state index contributed by atoms with van der Waals surface area (Å²) < 4.78 is 7.57. The van der Waals surface area contributed by atoms with E-state index in [1.165, 1.54) is 0 Å². The molecule has 6 heteroatoms. The Kier molecular flexibility index (Phi) is 6.54. The number of carbonyl (C=O) groups is 2. The summed E-state index contributed by atoms with van der Waals surface area (Å²) in [5.74, 6) is 0.735. The second kappa shape index (κ2) is 9.28. The summed E-state index contributed by atoms with van der Waals surface area (Å²) in [6.07, 6.45) is 1.92. The van der Waals surface area contributed by atoms with Crippen LogP contribution in [0.4, 0.5) is 5.69 Å². The smallest absolute Gasteiger partial charge is 0.257 e. The van der Waals surface area contributed by atoms with Crippen LogP contribution in [0.5, 0.6) is 5.75 Å². The van der Waals surface area contributed by atoms with E-state index in [1.807, 2.05) is 37.4 Å². The van der Waals surface area contributed by atoms with Gasteiger partial charge in [-0.1, -0.05) is 32.0 Å². The third kappa shape index (κ3) is 5.16. The molecule has 0 bridgehead atoms. The van der Waals surface area contributed by atoms with Crippen LogP contribution in [-0.4, -0.2) is 29.5 Å². The Bertz CT molecular complexity index is 990. The number of hydrogen-bond acceptors (Lipinski definition) is 3. The number of ether oxygens (including phenoxy) is 1. The van der Waals surface area contributed by atoms with Crippen molar-refractivity contribution >= 4 is 28.4 Å². The van der Waals surface area contributed by atoms with E-state index < -0.39 is 0 Å². The summed E-state index contributed by atoms with van der Waals surface area (Å²) in [5.41, 5.74) is 2.37. The monoisotopic (exact) mass is 393 g/mol. The van der Waals surface area contributed by atoms with Crippen molar-refractivity contribution in [3.05, 3.63) is 60.3 Å². The molecule has 0 atom stereocenters. The number of amides is 2. The average Bonchev–Trinajstić information content (AvgIpc) is 3.06. The number of aromatic nitrogens is 1. The maximum absolute atomic E-state index is 12.9. The van der Waals surface area contributed by atoms with E-state index in [0.717, 1.165) is 17.4 Å². The predicted octanol–water partition coefficient (Wildman–Crippen LogP) is 4.06. The van der Waals surface area contributed by atoms with Crippen molar-refractivity contribution in [2.24, 2.45) is 5.92 Å². The van der Waals surface area contributed by atoms with E-state index in [0.29, 0.717) is 29.5 Å².